The summed E-state index contributed by atoms with van der Waals surface area (Å²) in [5.41, 5.74) is 0. The maximum atomic E-state index is 5.77. The molecule has 0 amide bonds. The highest BCUT2D eigenvalue weighted by atomic mass is 79.9. The highest BCUT2D eigenvalue weighted by Gasteiger charge is 2.17. The standard InChI is InChI=1S/C10H19BrCl2O/c1-2-3-4-5-6-14-10(8-13)9(11)7-12/h9-10H,2-8H2,1H3. The van der Waals surface area contributed by atoms with Gasteiger partial charge >= 0.3 is 0 Å². The van der Waals surface area contributed by atoms with E-state index >= 15 is 0 Å². The Morgan fingerprint density at radius 1 is 1.14 bits per heavy atom. The van der Waals surface area contributed by atoms with Crippen LogP contribution in [0.5, 0.6) is 0 Å². The van der Waals surface area contributed by atoms with E-state index in [2.05, 4.69) is 22.9 Å². The summed E-state index contributed by atoms with van der Waals surface area (Å²) in [5.74, 6) is 1.03. The van der Waals surface area contributed by atoms with Crippen molar-refractivity contribution in [3.63, 3.8) is 0 Å². The van der Waals surface area contributed by atoms with E-state index < -0.39 is 0 Å². The fourth-order valence-corrected chi connectivity index (χ4v) is 2.17. The third kappa shape index (κ3) is 7.33. The lowest BCUT2D eigenvalue weighted by Crippen LogP contribution is -2.27. The van der Waals surface area contributed by atoms with Gasteiger partial charge in [0.15, 0.2) is 0 Å². The zero-order valence-electron chi connectivity index (χ0n) is 8.65. The predicted octanol–water partition coefficient (Wildman–Crippen LogP) is 4.19. The van der Waals surface area contributed by atoms with Gasteiger partial charge in [0.2, 0.25) is 0 Å². The topological polar surface area (TPSA) is 9.23 Å². The largest absolute Gasteiger partial charge is 0.376 e. The number of alkyl halides is 3. The van der Waals surface area contributed by atoms with Gasteiger partial charge in [0, 0.05) is 18.4 Å². The summed E-state index contributed by atoms with van der Waals surface area (Å²) < 4.78 is 5.63. The molecule has 0 heterocycles. The van der Waals surface area contributed by atoms with Crippen LogP contribution in [-0.4, -0.2) is 29.3 Å². The highest BCUT2D eigenvalue weighted by molar-refractivity contribution is 9.09. The molecule has 2 atom stereocenters. The number of rotatable bonds is 9. The molecule has 0 fully saturated rings. The molecule has 0 aromatic carbocycles. The van der Waals surface area contributed by atoms with Crippen molar-refractivity contribution in [2.75, 3.05) is 18.4 Å². The molecule has 0 N–H and O–H groups in total. The van der Waals surface area contributed by atoms with E-state index in [1.807, 2.05) is 0 Å². The number of hydrogen-bond donors (Lipinski definition) is 0. The molecular weight excluding hydrogens is 287 g/mol. The predicted molar refractivity (Wildman–Crippen MR) is 68.0 cm³/mol. The van der Waals surface area contributed by atoms with Crippen LogP contribution >= 0.6 is 39.1 Å². The van der Waals surface area contributed by atoms with Crippen molar-refractivity contribution in [2.24, 2.45) is 0 Å². The molecular formula is C10H19BrCl2O. The minimum absolute atomic E-state index is 0.0378. The summed E-state index contributed by atoms with van der Waals surface area (Å²) >= 11 is 14.9. The zero-order chi connectivity index (χ0) is 10.8. The first-order valence-corrected chi connectivity index (χ1v) is 7.12. The number of hydrogen-bond acceptors (Lipinski definition) is 1. The average Bonchev–Trinajstić information content (AvgIpc) is 2.22. The monoisotopic (exact) mass is 304 g/mol. The first-order valence-electron chi connectivity index (χ1n) is 5.13. The first kappa shape index (κ1) is 15.0. The van der Waals surface area contributed by atoms with Crippen molar-refractivity contribution in [1.29, 1.82) is 0 Å². The molecule has 0 saturated heterocycles. The molecule has 0 aliphatic heterocycles. The number of ether oxygens (including phenoxy) is 1. The van der Waals surface area contributed by atoms with Crippen LogP contribution in [-0.2, 0) is 4.74 Å². The molecule has 0 aliphatic rings. The molecule has 0 bridgehead atoms. The van der Waals surface area contributed by atoms with Crippen LogP contribution in [0.4, 0.5) is 0 Å². The van der Waals surface area contributed by atoms with E-state index in [4.69, 9.17) is 27.9 Å². The van der Waals surface area contributed by atoms with Crippen LogP contribution in [0.25, 0.3) is 0 Å². The van der Waals surface area contributed by atoms with Crippen LogP contribution in [0.3, 0.4) is 0 Å². The Morgan fingerprint density at radius 3 is 2.36 bits per heavy atom. The lowest BCUT2D eigenvalue weighted by Gasteiger charge is -2.18. The molecule has 14 heavy (non-hydrogen) atoms. The Labute approximate surface area is 106 Å². The molecule has 0 aromatic heterocycles. The SMILES string of the molecule is CCCCCCOC(CCl)C(Br)CCl. The van der Waals surface area contributed by atoms with Crippen LogP contribution < -0.4 is 0 Å². The molecule has 0 spiro atoms. The summed E-state index contributed by atoms with van der Waals surface area (Å²) in [6.07, 6.45) is 4.92. The Morgan fingerprint density at radius 2 is 1.86 bits per heavy atom. The van der Waals surface area contributed by atoms with Crippen molar-refractivity contribution in [1.82, 2.24) is 0 Å². The van der Waals surface area contributed by atoms with E-state index in [1.54, 1.807) is 0 Å². The van der Waals surface area contributed by atoms with Gasteiger partial charge in [-0.1, -0.05) is 42.1 Å². The molecule has 2 unspecified atom stereocenters. The minimum atomic E-state index is 0.0378. The van der Waals surface area contributed by atoms with Gasteiger partial charge in [-0.25, -0.2) is 0 Å². The smallest absolute Gasteiger partial charge is 0.0846 e. The molecule has 0 aliphatic carbocycles. The van der Waals surface area contributed by atoms with E-state index in [0.29, 0.717) is 11.8 Å². The molecule has 4 heteroatoms. The second-order valence-electron chi connectivity index (χ2n) is 3.29. The van der Waals surface area contributed by atoms with Gasteiger partial charge in [0.25, 0.3) is 0 Å². The lowest BCUT2D eigenvalue weighted by molar-refractivity contribution is 0.0683. The summed E-state index contributed by atoms with van der Waals surface area (Å²) in [7, 11) is 0. The van der Waals surface area contributed by atoms with Crippen molar-refractivity contribution < 1.29 is 4.74 Å². The minimum Gasteiger partial charge on any atom is -0.376 e. The van der Waals surface area contributed by atoms with Gasteiger partial charge in [-0.2, -0.15) is 0 Å². The van der Waals surface area contributed by atoms with Crippen LogP contribution in [0.1, 0.15) is 32.6 Å². The normalized spacial score (nSPS) is 15.4. The second-order valence-corrected chi connectivity index (χ2v) is 5.09. The maximum absolute atomic E-state index is 5.77. The van der Waals surface area contributed by atoms with Gasteiger partial charge in [-0.05, 0) is 6.42 Å². The van der Waals surface area contributed by atoms with Gasteiger partial charge in [0.1, 0.15) is 0 Å². The molecule has 86 valence electrons. The third-order valence-electron chi connectivity index (χ3n) is 2.03. The molecule has 0 radical (unpaired) electrons. The van der Waals surface area contributed by atoms with E-state index in [1.165, 1.54) is 19.3 Å². The first-order chi connectivity index (χ1) is 6.76. The second kappa shape index (κ2) is 10.5. The summed E-state index contributed by atoms with van der Waals surface area (Å²) in [4.78, 5) is 0.160. The summed E-state index contributed by atoms with van der Waals surface area (Å²) in [6, 6.07) is 0. The van der Waals surface area contributed by atoms with Crippen LogP contribution in [0.2, 0.25) is 0 Å². The Hall–Kier alpha value is 1.02. The van der Waals surface area contributed by atoms with E-state index in [0.717, 1.165) is 13.0 Å². The van der Waals surface area contributed by atoms with Crippen molar-refractivity contribution in [3.8, 4) is 0 Å². The van der Waals surface area contributed by atoms with Gasteiger partial charge < -0.3 is 4.74 Å². The van der Waals surface area contributed by atoms with Crippen molar-refractivity contribution in [3.05, 3.63) is 0 Å². The summed E-state index contributed by atoms with van der Waals surface area (Å²) in [5, 5.41) is 0. The van der Waals surface area contributed by atoms with Crippen molar-refractivity contribution in [2.45, 2.75) is 43.5 Å². The van der Waals surface area contributed by atoms with Gasteiger partial charge in [-0.15, -0.1) is 23.2 Å². The molecule has 1 nitrogen and oxygen atoms in total. The van der Waals surface area contributed by atoms with Gasteiger partial charge in [0.05, 0.1) is 10.9 Å². The van der Waals surface area contributed by atoms with Gasteiger partial charge in [-0.3, -0.25) is 0 Å². The fourth-order valence-electron chi connectivity index (χ4n) is 1.11. The average molecular weight is 306 g/mol. The lowest BCUT2D eigenvalue weighted by atomic mass is 10.2. The Kier molecular flexibility index (Phi) is 11.3. The zero-order valence-corrected chi connectivity index (χ0v) is 11.7. The van der Waals surface area contributed by atoms with Crippen molar-refractivity contribution >= 4 is 39.1 Å². The number of unbranched alkanes of at least 4 members (excludes halogenated alkanes) is 3. The van der Waals surface area contributed by atoms with E-state index in [9.17, 15) is 0 Å². The third-order valence-corrected chi connectivity index (χ3v) is 3.96. The fraction of sp³-hybridized carbons (Fsp3) is 1.00. The quantitative estimate of drug-likeness (QED) is 0.458. The Balaban J connectivity index is 3.42. The highest BCUT2D eigenvalue weighted by Crippen LogP contribution is 2.14. The van der Waals surface area contributed by atoms with Crippen LogP contribution in [0.15, 0.2) is 0 Å². The Bertz CT molecular complexity index is 125. The molecule has 0 aromatic rings. The molecule has 0 rings (SSSR count). The van der Waals surface area contributed by atoms with E-state index in [-0.39, 0.29) is 10.9 Å². The number of halogens is 3. The maximum Gasteiger partial charge on any atom is 0.0846 e. The summed E-state index contributed by atoms with van der Waals surface area (Å²) in [6.45, 7) is 2.99. The van der Waals surface area contributed by atoms with Crippen LogP contribution in [0, 0.1) is 0 Å². The molecule has 0 saturated carbocycles.